The van der Waals surface area contributed by atoms with E-state index >= 15 is 0 Å². The Morgan fingerprint density at radius 1 is 1.44 bits per heavy atom. The lowest BCUT2D eigenvalue weighted by atomic mass is 10.3. The van der Waals surface area contributed by atoms with Crippen LogP contribution in [0.3, 0.4) is 0 Å². The van der Waals surface area contributed by atoms with Crippen LogP contribution < -0.4 is 0 Å². The van der Waals surface area contributed by atoms with Gasteiger partial charge in [0.05, 0.1) is 12.4 Å². The molecule has 18 heavy (non-hydrogen) atoms. The van der Waals surface area contributed by atoms with Crippen LogP contribution in [0.4, 0.5) is 4.39 Å². The average Bonchev–Trinajstić information content (AvgIpc) is 3.19. The van der Waals surface area contributed by atoms with E-state index in [1.807, 2.05) is 0 Å². The van der Waals surface area contributed by atoms with Crippen LogP contribution in [0, 0.1) is 5.82 Å². The molecular formula is C13H16FNO2S. The topological polar surface area (TPSA) is 40.5 Å². The van der Waals surface area contributed by atoms with Gasteiger partial charge in [0.2, 0.25) is 5.91 Å². The molecule has 0 saturated heterocycles. The average molecular weight is 269 g/mol. The number of hydrogen-bond donors (Lipinski definition) is 1. The molecule has 0 aromatic heterocycles. The van der Waals surface area contributed by atoms with Gasteiger partial charge in [0.15, 0.2) is 0 Å². The minimum absolute atomic E-state index is 0.0212. The smallest absolute Gasteiger partial charge is 0.233 e. The number of hydrogen-bond acceptors (Lipinski definition) is 3. The van der Waals surface area contributed by atoms with Gasteiger partial charge in [-0.2, -0.15) is 0 Å². The van der Waals surface area contributed by atoms with E-state index in [1.54, 1.807) is 23.1 Å². The predicted octanol–water partition coefficient (Wildman–Crippen LogP) is 1.90. The molecule has 1 N–H and O–H groups in total. The van der Waals surface area contributed by atoms with Gasteiger partial charge in [-0.25, -0.2) is 4.39 Å². The second-order valence-electron chi connectivity index (χ2n) is 4.26. The fraction of sp³-hybridized carbons (Fsp3) is 0.462. The van der Waals surface area contributed by atoms with Crippen molar-refractivity contribution in [1.29, 1.82) is 0 Å². The van der Waals surface area contributed by atoms with Gasteiger partial charge in [-0.15, -0.1) is 11.8 Å². The van der Waals surface area contributed by atoms with Crippen molar-refractivity contribution in [1.82, 2.24) is 4.90 Å². The van der Waals surface area contributed by atoms with Crippen molar-refractivity contribution in [3.05, 3.63) is 30.1 Å². The first-order valence-corrected chi connectivity index (χ1v) is 6.98. The Bertz CT molecular complexity index is 423. The number of rotatable bonds is 6. The largest absolute Gasteiger partial charge is 0.395 e. The minimum atomic E-state index is -0.296. The summed E-state index contributed by atoms with van der Waals surface area (Å²) in [4.78, 5) is 14.2. The summed E-state index contributed by atoms with van der Waals surface area (Å²) in [6.45, 7) is 0.355. The predicted molar refractivity (Wildman–Crippen MR) is 68.9 cm³/mol. The van der Waals surface area contributed by atoms with Gasteiger partial charge >= 0.3 is 0 Å². The SMILES string of the molecule is O=C(CSc1ccccc1F)N(CCO)C1CC1. The third-order valence-electron chi connectivity index (χ3n) is 2.84. The molecule has 0 atom stereocenters. The number of halogens is 1. The van der Waals surface area contributed by atoms with Gasteiger partial charge in [0.1, 0.15) is 5.82 Å². The number of aliphatic hydroxyl groups is 1. The number of aliphatic hydroxyl groups excluding tert-OH is 1. The van der Waals surface area contributed by atoms with Gasteiger partial charge in [-0.1, -0.05) is 12.1 Å². The Hall–Kier alpha value is -1.07. The summed E-state index contributed by atoms with van der Waals surface area (Å²) >= 11 is 1.21. The summed E-state index contributed by atoms with van der Waals surface area (Å²) < 4.78 is 13.4. The third kappa shape index (κ3) is 3.46. The number of carbonyl (C=O) groups is 1. The van der Waals surface area contributed by atoms with Crippen molar-refractivity contribution in [3.8, 4) is 0 Å². The van der Waals surface area contributed by atoms with Gasteiger partial charge < -0.3 is 10.0 Å². The molecule has 5 heteroatoms. The second kappa shape index (κ2) is 6.20. The summed E-state index contributed by atoms with van der Waals surface area (Å²) in [5.41, 5.74) is 0. The third-order valence-corrected chi connectivity index (χ3v) is 3.87. The molecular weight excluding hydrogens is 253 g/mol. The molecule has 0 heterocycles. The van der Waals surface area contributed by atoms with Crippen molar-refractivity contribution in [2.45, 2.75) is 23.8 Å². The van der Waals surface area contributed by atoms with Crippen LogP contribution in [-0.2, 0) is 4.79 Å². The molecule has 0 bridgehead atoms. The molecule has 1 aromatic rings. The molecule has 0 aliphatic heterocycles. The zero-order valence-electron chi connectivity index (χ0n) is 10.0. The number of thioether (sulfide) groups is 1. The van der Waals surface area contributed by atoms with E-state index in [0.717, 1.165) is 12.8 Å². The van der Waals surface area contributed by atoms with Crippen LogP contribution >= 0.6 is 11.8 Å². The van der Waals surface area contributed by atoms with Crippen molar-refractivity contribution in [2.24, 2.45) is 0 Å². The fourth-order valence-electron chi connectivity index (χ4n) is 1.79. The van der Waals surface area contributed by atoms with E-state index in [4.69, 9.17) is 5.11 Å². The Morgan fingerprint density at radius 3 is 2.78 bits per heavy atom. The number of amides is 1. The van der Waals surface area contributed by atoms with Crippen LogP contribution in [0.1, 0.15) is 12.8 Å². The maximum Gasteiger partial charge on any atom is 0.233 e. The fourth-order valence-corrected chi connectivity index (χ4v) is 2.61. The van der Waals surface area contributed by atoms with Crippen LogP contribution in [-0.4, -0.2) is 40.9 Å². The molecule has 1 aliphatic rings. The summed E-state index contributed by atoms with van der Waals surface area (Å²) in [5.74, 6) is -0.104. The van der Waals surface area contributed by atoms with Crippen molar-refractivity contribution >= 4 is 17.7 Å². The highest BCUT2D eigenvalue weighted by molar-refractivity contribution is 8.00. The first kappa shape index (κ1) is 13.4. The van der Waals surface area contributed by atoms with Crippen molar-refractivity contribution in [3.63, 3.8) is 0 Å². The van der Waals surface area contributed by atoms with Gasteiger partial charge in [-0.3, -0.25) is 4.79 Å². The molecule has 2 rings (SSSR count). The summed E-state index contributed by atoms with van der Waals surface area (Å²) in [6.07, 6.45) is 2.02. The van der Waals surface area contributed by atoms with Crippen molar-refractivity contribution < 1.29 is 14.3 Å². The molecule has 0 radical (unpaired) electrons. The molecule has 3 nitrogen and oxygen atoms in total. The maximum atomic E-state index is 13.4. The van der Waals surface area contributed by atoms with Crippen LogP contribution in [0.25, 0.3) is 0 Å². The van der Waals surface area contributed by atoms with E-state index in [0.29, 0.717) is 11.4 Å². The molecule has 0 unspecified atom stereocenters. The van der Waals surface area contributed by atoms with E-state index < -0.39 is 0 Å². The summed E-state index contributed by atoms with van der Waals surface area (Å²) in [6, 6.07) is 6.72. The quantitative estimate of drug-likeness (QED) is 0.802. The highest BCUT2D eigenvalue weighted by Crippen LogP contribution is 2.28. The van der Waals surface area contributed by atoms with Gasteiger partial charge in [0, 0.05) is 17.5 Å². The monoisotopic (exact) mass is 269 g/mol. The lowest BCUT2D eigenvalue weighted by Crippen LogP contribution is -2.36. The Balaban J connectivity index is 1.89. The van der Waals surface area contributed by atoms with Crippen molar-refractivity contribution in [2.75, 3.05) is 18.9 Å². The van der Waals surface area contributed by atoms with Gasteiger partial charge in [-0.05, 0) is 25.0 Å². The highest BCUT2D eigenvalue weighted by Gasteiger charge is 2.31. The summed E-state index contributed by atoms with van der Waals surface area (Å²) in [5, 5.41) is 8.93. The Kier molecular flexibility index (Phi) is 4.60. The molecule has 98 valence electrons. The van der Waals surface area contributed by atoms with E-state index in [2.05, 4.69) is 0 Å². The zero-order valence-corrected chi connectivity index (χ0v) is 10.8. The first-order chi connectivity index (χ1) is 8.72. The number of nitrogens with zero attached hydrogens (tertiary/aromatic N) is 1. The second-order valence-corrected chi connectivity index (χ2v) is 5.28. The lowest BCUT2D eigenvalue weighted by Gasteiger charge is -2.21. The maximum absolute atomic E-state index is 13.4. The first-order valence-electron chi connectivity index (χ1n) is 6.00. The lowest BCUT2D eigenvalue weighted by molar-refractivity contribution is -0.129. The zero-order chi connectivity index (χ0) is 13.0. The van der Waals surface area contributed by atoms with Gasteiger partial charge in [0.25, 0.3) is 0 Å². The molecule has 1 aliphatic carbocycles. The number of carbonyl (C=O) groups excluding carboxylic acids is 1. The molecule has 1 fully saturated rings. The normalized spacial score (nSPS) is 14.6. The highest BCUT2D eigenvalue weighted by atomic mass is 32.2. The van der Waals surface area contributed by atoms with E-state index in [1.165, 1.54) is 17.8 Å². The molecule has 1 aromatic carbocycles. The van der Waals surface area contributed by atoms with Crippen LogP contribution in [0.5, 0.6) is 0 Å². The molecule has 1 amide bonds. The standard InChI is InChI=1S/C13H16FNO2S/c14-11-3-1-2-4-12(11)18-9-13(17)15(7-8-16)10-5-6-10/h1-4,10,16H,5-9H2. The Labute approximate surface area is 110 Å². The minimum Gasteiger partial charge on any atom is -0.395 e. The van der Waals surface area contributed by atoms with E-state index in [-0.39, 0.29) is 30.1 Å². The van der Waals surface area contributed by atoms with Crippen LogP contribution in [0.15, 0.2) is 29.2 Å². The van der Waals surface area contributed by atoms with Crippen LogP contribution in [0.2, 0.25) is 0 Å². The van der Waals surface area contributed by atoms with E-state index in [9.17, 15) is 9.18 Å². The molecule has 1 saturated carbocycles. The molecule has 0 spiro atoms. The number of benzene rings is 1. The summed E-state index contributed by atoms with van der Waals surface area (Å²) in [7, 11) is 0. The Morgan fingerprint density at radius 2 is 2.17 bits per heavy atom.